The van der Waals surface area contributed by atoms with Crippen molar-refractivity contribution in [2.75, 3.05) is 6.61 Å². The van der Waals surface area contributed by atoms with Gasteiger partial charge in [-0.05, 0) is 45.4 Å². The molecule has 7 nitrogen and oxygen atoms in total. The second-order valence-electron chi connectivity index (χ2n) is 6.72. The maximum atomic E-state index is 12.2. The zero-order valence-electron chi connectivity index (χ0n) is 14.3. The molecule has 2 fully saturated rings. The van der Waals surface area contributed by atoms with Gasteiger partial charge in [-0.1, -0.05) is 0 Å². The summed E-state index contributed by atoms with van der Waals surface area (Å²) in [4.78, 5) is 22.9. The molecule has 0 aromatic heterocycles. The molecule has 0 radical (unpaired) electrons. The summed E-state index contributed by atoms with van der Waals surface area (Å²) in [5, 5.41) is 20.3. The van der Waals surface area contributed by atoms with Crippen molar-refractivity contribution in [1.29, 1.82) is 0 Å². The van der Waals surface area contributed by atoms with Crippen molar-refractivity contribution in [3.8, 4) is 0 Å². The molecule has 0 aromatic rings. The molecule has 24 heavy (non-hydrogen) atoms. The number of carbonyl (C=O) groups is 2. The Morgan fingerprint density at radius 2 is 1.88 bits per heavy atom. The number of aliphatic hydroxyl groups is 2. The molecule has 0 spiro atoms. The lowest BCUT2D eigenvalue weighted by Gasteiger charge is -2.25. The standard InChI is InChI=1S/C17H28O7/c1-10-15(19)16(20)14-8-7-13(23-14)12(24-17(10)21)6-4-3-5-9-22-11(2)18/h10,12-16,19-20H,3-9H2,1-2H3/t10-,12-,13?,14?,15+,16+/m1/s1. The van der Waals surface area contributed by atoms with E-state index < -0.39 is 30.2 Å². The maximum absolute atomic E-state index is 12.2. The number of esters is 2. The number of fused-ring (bicyclic) bond motifs is 2. The van der Waals surface area contributed by atoms with Crippen molar-refractivity contribution in [3.05, 3.63) is 0 Å². The zero-order chi connectivity index (χ0) is 17.7. The first-order valence-electron chi connectivity index (χ1n) is 8.75. The van der Waals surface area contributed by atoms with Crippen LogP contribution in [0, 0.1) is 5.92 Å². The number of ether oxygens (including phenoxy) is 3. The number of hydrogen-bond acceptors (Lipinski definition) is 7. The van der Waals surface area contributed by atoms with Gasteiger partial charge < -0.3 is 24.4 Å². The molecule has 0 amide bonds. The molecule has 2 aliphatic rings. The van der Waals surface area contributed by atoms with Crippen LogP contribution >= 0.6 is 0 Å². The quantitative estimate of drug-likeness (QED) is 0.546. The van der Waals surface area contributed by atoms with E-state index in [-0.39, 0.29) is 18.2 Å². The van der Waals surface area contributed by atoms with E-state index in [1.54, 1.807) is 6.92 Å². The number of carbonyl (C=O) groups excluding carboxylic acids is 2. The van der Waals surface area contributed by atoms with E-state index in [4.69, 9.17) is 14.2 Å². The van der Waals surface area contributed by atoms with Gasteiger partial charge in [0.1, 0.15) is 12.2 Å². The van der Waals surface area contributed by atoms with Crippen LogP contribution in [-0.4, -0.2) is 59.3 Å². The van der Waals surface area contributed by atoms with E-state index in [0.29, 0.717) is 25.9 Å². The highest BCUT2D eigenvalue weighted by Gasteiger charge is 2.44. The molecule has 7 heteroatoms. The molecule has 6 atom stereocenters. The Morgan fingerprint density at radius 3 is 2.58 bits per heavy atom. The molecule has 0 saturated carbocycles. The van der Waals surface area contributed by atoms with Crippen molar-refractivity contribution in [2.24, 2.45) is 5.92 Å². The first kappa shape index (κ1) is 19.1. The van der Waals surface area contributed by atoms with Gasteiger partial charge in [0.25, 0.3) is 0 Å². The monoisotopic (exact) mass is 344 g/mol. The van der Waals surface area contributed by atoms with Crippen LogP contribution in [-0.2, 0) is 23.8 Å². The Bertz CT molecular complexity index is 439. The summed E-state index contributed by atoms with van der Waals surface area (Å²) in [5.41, 5.74) is 0. The molecule has 2 N–H and O–H groups in total. The van der Waals surface area contributed by atoms with Crippen LogP contribution in [0.5, 0.6) is 0 Å². The molecule has 2 saturated heterocycles. The van der Waals surface area contributed by atoms with Gasteiger partial charge in [-0.15, -0.1) is 0 Å². The Hall–Kier alpha value is -1.18. The lowest BCUT2D eigenvalue weighted by atomic mass is 9.93. The van der Waals surface area contributed by atoms with Gasteiger partial charge in [0.05, 0.1) is 30.8 Å². The van der Waals surface area contributed by atoms with Crippen molar-refractivity contribution in [1.82, 2.24) is 0 Å². The highest BCUT2D eigenvalue weighted by Crippen LogP contribution is 2.32. The summed E-state index contributed by atoms with van der Waals surface area (Å²) < 4.78 is 16.3. The lowest BCUT2D eigenvalue weighted by Crippen LogP contribution is -2.43. The molecule has 2 heterocycles. The SMILES string of the molecule is CC(=O)OCCCCC[C@H]1OC(=O)[C@H](C)[C@H](O)[C@@H](O)C2CCC1O2. The summed E-state index contributed by atoms with van der Waals surface area (Å²) in [6.07, 6.45) is 1.16. The van der Waals surface area contributed by atoms with Gasteiger partial charge in [0.2, 0.25) is 0 Å². The molecule has 138 valence electrons. The smallest absolute Gasteiger partial charge is 0.311 e. The van der Waals surface area contributed by atoms with Crippen LogP contribution in [0.4, 0.5) is 0 Å². The van der Waals surface area contributed by atoms with Gasteiger partial charge in [-0.3, -0.25) is 9.59 Å². The lowest BCUT2D eigenvalue weighted by molar-refractivity contribution is -0.162. The second-order valence-corrected chi connectivity index (χ2v) is 6.72. The third-order valence-corrected chi connectivity index (χ3v) is 4.82. The Balaban J connectivity index is 1.87. The molecular formula is C17H28O7. The van der Waals surface area contributed by atoms with Crippen LogP contribution in [0.15, 0.2) is 0 Å². The summed E-state index contributed by atoms with van der Waals surface area (Å²) >= 11 is 0. The van der Waals surface area contributed by atoms with E-state index in [1.807, 2.05) is 0 Å². The topological polar surface area (TPSA) is 102 Å². The van der Waals surface area contributed by atoms with E-state index in [0.717, 1.165) is 19.3 Å². The highest BCUT2D eigenvalue weighted by atomic mass is 16.6. The van der Waals surface area contributed by atoms with Gasteiger partial charge >= 0.3 is 11.9 Å². The summed E-state index contributed by atoms with van der Waals surface area (Å²) in [5.74, 6) is -1.56. The van der Waals surface area contributed by atoms with Crippen molar-refractivity contribution >= 4 is 11.9 Å². The minimum atomic E-state index is -1.18. The molecule has 2 bridgehead atoms. The summed E-state index contributed by atoms with van der Waals surface area (Å²) in [7, 11) is 0. The van der Waals surface area contributed by atoms with Crippen LogP contribution < -0.4 is 0 Å². The number of aliphatic hydroxyl groups excluding tert-OH is 2. The first-order valence-corrected chi connectivity index (χ1v) is 8.75. The Kier molecular flexibility index (Phi) is 7.01. The van der Waals surface area contributed by atoms with Gasteiger partial charge in [-0.2, -0.15) is 0 Å². The number of rotatable bonds is 6. The number of hydrogen-bond donors (Lipinski definition) is 2. The fraction of sp³-hybridized carbons (Fsp3) is 0.882. The third kappa shape index (κ3) is 4.91. The van der Waals surface area contributed by atoms with E-state index in [9.17, 15) is 19.8 Å². The van der Waals surface area contributed by atoms with Crippen LogP contribution in [0.3, 0.4) is 0 Å². The van der Waals surface area contributed by atoms with Crippen LogP contribution in [0.1, 0.15) is 52.4 Å². The molecular weight excluding hydrogens is 316 g/mol. The molecule has 2 unspecified atom stereocenters. The zero-order valence-corrected chi connectivity index (χ0v) is 14.3. The molecule has 0 aliphatic carbocycles. The number of cyclic esters (lactones) is 1. The normalized spacial score (nSPS) is 36.4. The predicted octanol–water partition coefficient (Wildman–Crippen LogP) is 0.941. The fourth-order valence-corrected chi connectivity index (χ4v) is 3.29. The van der Waals surface area contributed by atoms with Crippen molar-refractivity contribution in [3.63, 3.8) is 0 Å². The summed E-state index contributed by atoms with van der Waals surface area (Å²) in [6, 6.07) is 0. The minimum absolute atomic E-state index is 0.237. The highest BCUT2D eigenvalue weighted by molar-refractivity contribution is 5.73. The second kappa shape index (κ2) is 8.78. The van der Waals surface area contributed by atoms with E-state index >= 15 is 0 Å². The first-order chi connectivity index (χ1) is 11.4. The van der Waals surface area contributed by atoms with E-state index in [1.165, 1.54) is 6.92 Å². The van der Waals surface area contributed by atoms with Crippen molar-refractivity contribution in [2.45, 2.75) is 82.9 Å². The molecule has 2 rings (SSSR count). The van der Waals surface area contributed by atoms with Crippen LogP contribution in [0.25, 0.3) is 0 Å². The average Bonchev–Trinajstić information content (AvgIpc) is 3.03. The van der Waals surface area contributed by atoms with Crippen molar-refractivity contribution < 1.29 is 34.0 Å². The third-order valence-electron chi connectivity index (χ3n) is 4.82. The number of unbranched alkanes of at least 4 members (excludes halogenated alkanes) is 2. The molecule has 2 aliphatic heterocycles. The fourth-order valence-electron chi connectivity index (χ4n) is 3.29. The largest absolute Gasteiger partial charge is 0.466 e. The van der Waals surface area contributed by atoms with Gasteiger partial charge in [0, 0.05) is 6.92 Å². The van der Waals surface area contributed by atoms with Gasteiger partial charge in [-0.25, -0.2) is 0 Å². The minimum Gasteiger partial charge on any atom is -0.466 e. The Morgan fingerprint density at radius 1 is 1.17 bits per heavy atom. The van der Waals surface area contributed by atoms with E-state index in [2.05, 4.69) is 0 Å². The van der Waals surface area contributed by atoms with Crippen LogP contribution in [0.2, 0.25) is 0 Å². The summed E-state index contributed by atoms with van der Waals surface area (Å²) in [6.45, 7) is 3.34. The average molecular weight is 344 g/mol. The Labute approximate surface area is 142 Å². The van der Waals surface area contributed by atoms with Gasteiger partial charge in [0.15, 0.2) is 0 Å². The molecule has 0 aromatic carbocycles. The maximum Gasteiger partial charge on any atom is 0.311 e. The predicted molar refractivity (Wildman–Crippen MR) is 84.1 cm³/mol.